The summed E-state index contributed by atoms with van der Waals surface area (Å²) in [5.41, 5.74) is 1.43. The maximum atomic E-state index is 12.0. The van der Waals surface area contributed by atoms with Crippen LogP contribution in [0.25, 0.3) is 0 Å². The van der Waals surface area contributed by atoms with Crippen LogP contribution in [0.2, 0.25) is 5.02 Å². The Bertz CT molecular complexity index is 759. The van der Waals surface area contributed by atoms with E-state index in [1.807, 2.05) is 30.3 Å². The number of carbonyl (C=O) groups is 3. The van der Waals surface area contributed by atoms with Crippen LogP contribution in [0.5, 0.6) is 0 Å². The fourth-order valence-corrected chi connectivity index (χ4v) is 2.36. The van der Waals surface area contributed by atoms with Gasteiger partial charge in [0, 0.05) is 23.6 Å². The highest BCUT2D eigenvalue weighted by Gasteiger charge is 2.18. The van der Waals surface area contributed by atoms with E-state index in [1.54, 1.807) is 24.3 Å². The van der Waals surface area contributed by atoms with E-state index in [2.05, 4.69) is 5.32 Å². The van der Waals surface area contributed by atoms with Crippen LogP contribution >= 0.6 is 11.6 Å². The number of amides is 1. The summed E-state index contributed by atoms with van der Waals surface area (Å²) in [7, 11) is 0. The molecule has 0 radical (unpaired) electrons. The largest absolute Gasteiger partial charge is 0.453 e. The molecule has 5 nitrogen and oxygen atoms in total. The molecular formula is C20H20ClNO4. The van der Waals surface area contributed by atoms with Gasteiger partial charge in [-0.25, -0.2) is 0 Å². The standard InChI is InChI=1S/C20H20ClNO4/c1-14(20(25)22-13-15-5-3-2-4-6-15)26-19(24)12-11-18(23)16-7-9-17(21)10-8-16/h2-10,14H,11-13H2,1H3,(H,22,25)/t14-/m1/s1. The average molecular weight is 374 g/mol. The van der Waals surface area contributed by atoms with E-state index in [9.17, 15) is 14.4 Å². The third-order valence-corrected chi connectivity index (χ3v) is 3.96. The Hall–Kier alpha value is -2.66. The number of rotatable bonds is 8. The number of benzene rings is 2. The van der Waals surface area contributed by atoms with Gasteiger partial charge in [-0.05, 0) is 36.8 Å². The number of carbonyl (C=O) groups excluding carboxylic acids is 3. The second-order valence-electron chi connectivity index (χ2n) is 5.77. The van der Waals surface area contributed by atoms with Crippen molar-refractivity contribution >= 4 is 29.3 Å². The lowest BCUT2D eigenvalue weighted by Crippen LogP contribution is -2.35. The summed E-state index contributed by atoms with van der Waals surface area (Å²) < 4.78 is 5.08. The fraction of sp³-hybridized carbons (Fsp3) is 0.250. The maximum absolute atomic E-state index is 12.0. The van der Waals surface area contributed by atoms with Crippen molar-refractivity contribution in [2.45, 2.75) is 32.4 Å². The molecule has 0 spiro atoms. The lowest BCUT2D eigenvalue weighted by atomic mass is 10.1. The highest BCUT2D eigenvalue weighted by molar-refractivity contribution is 6.30. The first kappa shape index (κ1) is 19.7. The van der Waals surface area contributed by atoms with E-state index in [4.69, 9.17) is 16.3 Å². The van der Waals surface area contributed by atoms with Crippen molar-refractivity contribution in [3.05, 3.63) is 70.7 Å². The van der Waals surface area contributed by atoms with Crippen molar-refractivity contribution < 1.29 is 19.1 Å². The van der Waals surface area contributed by atoms with Crippen molar-refractivity contribution in [2.75, 3.05) is 0 Å². The third kappa shape index (κ3) is 6.33. The number of nitrogens with one attached hydrogen (secondary N) is 1. The van der Waals surface area contributed by atoms with Crippen molar-refractivity contribution in [2.24, 2.45) is 0 Å². The average Bonchev–Trinajstić information content (AvgIpc) is 2.65. The first-order valence-corrected chi connectivity index (χ1v) is 8.63. The molecule has 26 heavy (non-hydrogen) atoms. The molecule has 0 fully saturated rings. The second kappa shape index (κ2) is 9.73. The molecule has 6 heteroatoms. The van der Waals surface area contributed by atoms with Crippen LogP contribution in [0, 0.1) is 0 Å². The maximum Gasteiger partial charge on any atom is 0.307 e. The van der Waals surface area contributed by atoms with E-state index in [1.165, 1.54) is 6.92 Å². The van der Waals surface area contributed by atoms with Crippen LogP contribution in [0.15, 0.2) is 54.6 Å². The normalized spacial score (nSPS) is 11.5. The summed E-state index contributed by atoms with van der Waals surface area (Å²) in [6, 6.07) is 15.9. The number of Topliss-reactive ketones (excluding diaryl/α,β-unsaturated/α-hetero) is 1. The van der Waals surface area contributed by atoms with Crippen LogP contribution in [0.3, 0.4) is 0 Å². The minimum Gasteiger partial charge on any atom is -0.453 e. The first-order valence-electron chi connectivity index (χ1n) is 8.25. The van der Waals surface area contributed by atoms with E-state index < -0.39 is 12.1 Å². The van der Waals surface area contributed by atoms with Crippen molar-refractivity contribution in [1.82, 2.24) is 5.32 Å². The van der Waals surface area contributed by atoms with Gasteiger partial charge in [-0.3, -0.25) is 14.4 Å². The van der Waals surface area contributed by atoms with Gasteiger partial charge in [-0.2, -0.15) is 0 Å². The zero-order valence-corrected chi connectivity index (χ0v) is 15.2. The van der Waals surface area contributed by atoms with Crippen LogP contribution in [-0.4, -0.2) is 23.8 Å². The number of hydrogen-bond acceptors (Lipinski definition) is 4. The predicted octanol–water partition coefficient (Wildman–Crippen LogP) is 3.55. The van der Waals surface area contributed by atoms with Gasteiger partial charge in [0.1, 0.15) is 0 Å². The fourth-order valence-electron chi connectivity index (χ4n) is 2.23. The van der Waals surface area contributed by atoms with Gasteiger partial charge in [0.15, 0.2) is 11.9 Å². The predicted molar refractivity (Wildman–Crippen MR) is 98.9 cm³/mol. The zero-order chi connectivity index (χ0) is 18.9. The minimum absolute atomic E-state index is 0.0127. The smallest absolute Gasteiger partial charge is 0.307 e. The van der Waals surface area contributed by atoms with Gasteiger partial charge in [0.05, 0.1) is 6.42 Å². The molecule has 2 rings (SSSR count). The topological polar surface area (TPSA) is 72.5 Å². The van der Waals surface area contributed by atoms with E-state index in [-0.39, 0.29) is 24.5 Å². The molecule has 0 aliphatic rings. The Kier molecular flexibility index (Phi) is 7.36. The molecule has 0 aromatic heterocycles. The van der Waals surface area contributed by atoms with E-state index in [0.717, 1.165) is 5.56 Å². The molecule has 0 saturated carbocycles. The summed E-state index contributed by atoms with van der Waals surface area (Å²) in [5, 5.41) is 3.24. The number of halogens is 1. The van der Waals surface area contributed by atoms with Gasteiger partial charge in [0.2, 0.25) is 0 Å². The molecule has 136 valence electrons. The molecule has 1 amide bonds. The molecule has 1 atom stereocenters. The summed E-state index contributed by atoms with van der Waals surface area (Å²) in [4.78, 5) is 35.8. The summed E-state index contributed by atoms with van der Waals surface area (Å²) >= 11 is 5.77. The van der Waals surface area contributed by atoms with Crippen molar-refractivity contribution in [3.63, 3.8) is 0 Å². The molecular weight excluding hydrogens is 354 g/mol. The zero-order valence-electron chi connectivity index (χ0n) is 14.4. The lowest BCUT2D eigenvalue weighted by molar-refractivity contribution is -0.154. The third-order valence-electron chi connectivity index (χ3n) is 3.71. The SMILES string of the molecule is C[C@@H](OC(=O)CCC(=O)c1ccc(Cl)cc1)C(=O)NCc1ccccc1. The van der Waals surface area contributed by atoms with Crippen LogP contribution in [-0.2, 0) is 20.9 Å². The molecule has 0 saturated heterocycles. The number of ether oxygens (including phenoxy) is 1. The molecule has 0 bridgehead atoms. The summed E-state index contributed by atoms with van der Waals surface area (Å²) in [6.45, 7) is 1.86. The van der Waals surface area contributed by atoms with Crippen LogP contribution in [0.4, 0.5) is 0 Å². The monoisotopic (exact) mass is 373 g/mol. The van der Waals surface area contributed by atoms with Crippen LogP contribution < -0.4 is 5.32 Å². The first-order chi connectivity index (χ1) is 12.5. The Balaban J connectivity index is 1.73. The van der Waals surface area contributed by atoms with Gasteiger partial charge in [-0.1, -0.05) is 41.9 Å². The van der Waals surface area contributed by atoms with Gasteiger partial charge >= 0.3 is 5.97 Å². The van der Waals surface area contributed by atoms with E-state index in [0.29, 0.717) is 17.1 Å². The Morgan fingerprint density at radius 2 is 1.65 bits per heavy atom. The number of esters is 1. The lowest BCUT2D eigenvalue weighted by Gasteiger charge is -2.13. The second-order valence-corrected chi connectivity index (χ2v) is 6.20. The molecule has 0 aliphatic heterocycles. The van der Waals surface area contributed by atoms with Gasteiger partial charge < -0.3 is 10.1 Å². The van der Waals surface area contributed by atoms with Gasteiger partial charge in [0.25, 0.3) is 5.91 Å². The highest BCUT2D eigenvalue weighted by Crippen LogP contribution is 2.12. The quantitative estimate of drug-likeness (QED) is 0.567. The molecule has 0 heterocycles. The molecule has 0 unspecified atom stereocenters. The molecule has 2 aromatic carbocycles. The Morgan fingerprint density at radius 3 is 2.31 bits per heavy atom. The Morgan fingerprint density at radius 1 is 1.00 bits per heavy atom. The summed E-state index contributed by atoms with van der Waals surface area (Å²) in [6.07, 6.45) is -0.992. The number of hydrogen-bond donors (Lipinski definition) is 1. The molecule has 0 aliphatic carbocycles. The van der Waals surface area contributed by atoms with Crippen LogP contribution in [0.1, 0.15) is 35.7 Å². The highest BCUT2D eigenvalue weighted by atomic mass is 35.5. The molecule has 1 N–H and O–H groups in total. The molecule has 2 aromatic rings. The van der Waals surface area contributed by atoms with Crippen molar-refractivity contribution in [3.8, 4) is 0 Å². The Labute approximate surface area is 157 Å². The summed E-state index contributed by atoms with van der Waals surface area (Å²) in [5.74, 6) is -1.15. The van der Waals surface area contributed by atoms with Gasteiger partial charge in [-0.15, -0.1) is 0 Å². The minimum atomic E-state index is -0.920. The number of ketones is 1. The van der Waals surface area contributed by atoms with E-state index >= 15 is 0 Å². The van der Waals surface area contributed by atoms with Crippen molar-refractivity contribution in [1.29, 1.82) is 0 Å².